The third-order valence-electron chi connectivity index (χ3n) is 3.56. The number of aryl methyl sites for hydroxylation is 2. The molecule has 0 bridgehead atoms. The largest absolute Gasteiger partial charge is 0.493 e. The van der Waals surface area contributed by atoms with Crippen molar-refractivity contribution in [2.45, 2.75) is 25.3 Å². The van der Waals surface area contributed by atoms with Gasteiger partial charge in [0.2, 0.25) is 0 Å². The summed E-state index contributed by atoms with van der Waals surface area (Å²) in [5.74, 6) is -0.108. The number of amides is 1. The molecule has 1 aromatic carbocycles. The topological polar surface area (TPSA) is 126 Å². The summed E-state index contributed by atoms with van der Waals surface area (Å²) in [6.45, 7) is 3.73. The molecule has 0 aliphatic rings. The molecule has 0 aliphatic carbocycles. The van der Waals surface area contributed by atoms with E-state index in [0.29, 0.717) is 18.0 Å². The maximum atomic E-state index is 12.7. The maximum absolute atomic E-state index is 12.7. The van der Waals surface area contributed by atoms with E-state index in [1.165, 1.54) is 37.1 Å². The number of primary amides is 1. The summed E-state index contributed by atoms with van der Waals surface area (Å²) in [6, 6.07) is 4.17. The highest BCUT2D eigenvalue weighted by Crippen LogP contribution is 2.31. The standard InChI is InChI=1S/C15H20N4O5S/c1-5-19-14(15(16)20)13(9(2)17-19)18-25(21,22)10-6-7-11(23-3)12(8-10)24-4/h6-8,18H,5H2,1-4H3,(H2,16,20). The molecule has 0 spiro atoms. The Bertz CT molecular complexity index is 905. The Morgan fingerprint density at radius 3 is 2.44 bits per heavy atom. The Labute approximate surface area is 145 Å². The predicted octanol–water partition coefficient (Wildman–Crippen LogP) is 1.13. The first kappa shape index (κ1) is 18.6. The van der Waals surface area contributed by atoms with Gasteiger partial charge in [-0.1, -0.05) is 0 Å². The molecule has 3 N–H and O–H groups in total. The average Bonchev–Trinajstić information content (AvgIpc) is 2.89. The van der Waals surface area contributed by atoms with Gasteiger partial charge >= 0.3 is 0 Å². The number of nitrogens with two attached hydrogens (primary N) is 1. The van der Waals surface area contributed by atoms with Crippen LogP contribution < -0.4 is 19.9 Å². The van der Waals surface area contributed by atoms with Crippen LogP contribution in [-0.4, -0.2) is 38.3 Å². The SMILES string of the molecule is CCn1nc(C)c(NS(=O)(=O)c2ccc(OC)c(OC)c2)c1C(N)=O. The lowest BCUT2D eigenvalue weighted by Gasteiger charge is -2.12. The molecule has 1 heterocycles. The number of aromatic nitrogens is 2. The van der Waals surface area contributed by atoms with E-state index in [9.17, 15) is 13.2 Å². The van der Waals surface area contributed by atoms with Crippen molar-refractivity contribution in [1.82, 2.24) is 9.78 Å². The number of hydrogen-bond acceptors (Lipinski definition) is 6. The molecule has 136 valence electrons. The number of nitrogens with zero attached hydrogens (tertiary/aromatic N) is 2. The minimum Gasteiger partial charge on any atom is -0.493 e. The van der Waals surface area contributed by atoms with Crippen molar-refractivity contribution >= 4 is 21.6 Å². The van der Waals surface area contributed by atoms with Crippen LogP contribution in [0.25, 0.3) is 0 Å². The highest BCUT2D eigenvalue weighted by Gasteiger charge is 2.25. The molecule has 2 aromatic rings. The zero-order valence-electron chi connectivity index (χ0n) is 14.4. The zero-order chi connectivity index (χ0) is 18.8. The maximum Gasteiger partial charge on any atom is 0.269 e. The van der Waals surface area contributed by atoms with E-state index in [-0.39, 0.29) is 22.0 Å². The number of ether oxygens (including phenoxy) is 2. The summed E-state index contributed by atoms with van der Waals surface area (Å²) in [7, 11) is -1.14. The van der Waals surface area contributed by atoms with Gasteiger partial charge < -0.3 is 15.2 Å². The molecule has 0 saturated carbocycles. The normalized spacial score (nSPS) is 11.2. The smallest absolute Gasteiger partial charge is 0.269 e. The Morgan fingerprint density at radius 2 is 1.92 bits per heavy atom. The minimum absolute atomic E-state index is 0.00375. The van der Waals surface area contributed by atoms with Crippen molar-refractivity contribution in [1.29, 1.82) is 0 Å². The lowest BCUT2D eigenvalue weighted by Crippen LogP contribution is -2.21. The molecule has 0 atom stereocenters. The lowest BCUT2D eigenvalue weighted by atomic mass is 10.3. The van der Waals surface area contributed by atoms with Crippen LogP contribution in [-0.2, 0) is 16.6 Å². The van der Waals surface area contributed by atoms with Crippen LogP contribution in [0.2, 0.25) is 0 Å². The number of carbonyl (C=O) groups is 1. The highest BCUT2D eigenvalue weighted by molar-refractivity contribution is 7.92. The van der Waals surface area contributed by atoms with Crippen LogP contribution in [0.15, 0.2) is 23.1 Å². The molecule has 1 amide bonds. The van der Waals surface area contributed by atoms with Gasteiger partial charge in [-0.2, -0.15) is 5.10 Å². The van der Waals surface area contributed by atoms with Crippen molar-refractivity contribution < 1.29 is 22.7 Å². The van der Waals surface area contributed by atoms with Crippen LogP contribution in [0.3, 0.4) is 0 Å². The van der Waals surface area contributed by atoms with Crippen molar-refractivity contribution in [3.63, 3.8) is 0 Å². The van der Waals surface area contributed by atoms with E-state index < -0.39 is 15.9 Å². The number of anilines is 1. The number of sulfonamides is 1. The van der Waals surface area contributed by atoms with Crippen LogP contribution in [0.1, 0.15) is 23.1 Å². The third-order valence-corrected chi connectivity index (χ3v) is 4.91. The molecular weight excluding hydrogens is 348 g/mol. The van der Waals surface area contributed by atoms with Gasteiger partial charge in [0.05, 0.1) is 24.8 Å². The Hall–Kier alpha value is -2.75. The van der Waals surface area contributed by atoms with Crippen LogP contribution in [0.4, 0.5) is 5.69 Å². The fourth-order valence-corrected chi connectivity index (χ4v) is 3.50. The van der Waals surface area contributed by atoms with Gasteiger partial charge in [-0.25, -0.2) is 8.42 Å². The van der Waals surface area contributed by atoms with Crippen molar-refractivity contribution in [2.24, 2.45) is 5.73 Å². The number of carbonyl (C=O) groups excluding carboxylic acids is 1. The fraction of sp³-hybridized carbons (Fsp3) is 0.333. The molecule has 0 fully saturated rings. The Morgan fingerprint density at radius 1 is 1.28 bits per heavy atom. The lowest BCUT2D eigenvalue weighted by molar-refractivity contribution is 0.0991. The first-order valence-corrected chi connectivity index (χ1v) is 8.85. The van der Waals surface area contributed by atoms with E-state index in [1.807, 2.05) is 0 Å². The second kappa shape index (κ2) is 7.01. The van der Waals surface area contributed by atoms with Gasteiger partial charge in [0.15, 0.2) is 11.5 Å². The Kier molecular flexibility index (Phi) is 5.21. The second-order valence-electron chi connectivity index (χ2n) is 5.11. The van der Waals surface area contributed by atoms with Crippen LogP contribution in [0.5, 0.6) is 11.5 Å². The number of nitrogens with one attached hydrogen (secondary N) is 1. The Balaban J connectivity index is 2.50. The van der Waals surface area contributed by atoms with Gasteiger partial charge in [-0.15, -0.1) is 0 Å². The van der Waals surface area contributed by atoms with E-state index in [1.54, 1.807) is 13.8 Å². The molecule has 0 unspecified atom stereocenters. The van der Waals surface area contributed by atoms with Gasteiger partial charge in [0.1, 0.15) is 11.4 Å². The average molecular weight is 368 g/mol. The molecule has 0 aliphatic heterocycles. The molecule has 1 aromatic heterocycles. The first-order chi connectivity index (χ1) is 11.7. The number of methoxy groups -OCH3 is 2. The number of hydrogen-bond donors (Lipinski definition) is 2. The first-order valence-electron chi connectivity index (χ1n) is 7.37. The molecule has 2 rings (SSSR count). The molecule has 0 radical (unpaired) electrons. The molecular formula is C15H20N4O5S. The summed E-state index contributed by atoms with van der Waals surface area (Å²) in [5, 5.41) is 4.13. The molecule has 0 saturated heterocycles. The van der Waals surface area contributed by atoms with Crippen molar-refractivity contribution in [3.05, 3.63) is 29.6 Å². The molecule has 25 heavy (non-hydrogen) atoms. The summed E-state index contributed by atoms with van der Waals surface area (Å²) in [4.78, 5) is 11.7. The van der Waals surface area contributed by atoms with E-state index in [2.05, 4.69) is 9.82 Å². The summed E-state index contributed by atoms with van der Waals surface area (Å²) in [6.07, 6.45) is 0. The number of benzene rings is 1. The van der Waals surface area contributed by atoms with Crippen LogP contribution >= 0.6 is 0 Å². The third kappa shape index (κ3) is 3.53. The summed E-state index contributed by atoms with van der Waals surface area (Å²) < 4.78 is 39.4. The second-order valence-corrected chi connectivity index (χ2v) is 6.79. The quantitative estimate of drug-likeness (QED) is 0.754. The molecule has 10 heteroatoms. The van der Waals surface area contributed by atoms with Crippen LogP contribution in [0, 0.1) is 6.92 Å². The summed E-state index contributed by atoms with van der Waals surface area (Å²) >= 11 is 0. The summed E-state index contributed by atoms with van der Waals surface area (Å²) in [5.41, 5.74) is 5.78. The zero-order valence-corrected chi connectivity index (χ0v) is 15.2. The van der Waals surface area contributed by atoms with E-state index >= 15 is 0 Å². The van der Waals surface area contributed by atoms with Crippen molar-refractivity contribution in [2.75, 3.05) is 18.9 Å². The monoisotopic (exact) mass is 368 g/mol. The number of rotatable bonds is 7. The molecule has 9 nitrogen and oxygen atoms in total. The van der Waals surface area contributed by atoms with Crippen molar-refractivity contribution in [3.8, 4) is 11.5 Å². The predicted molar refractivity (Wildman–Crippen MR) is 91.5 cm³/mol. The van der Waals surface area contributed by atoms with Gasteiger partial charge in [-0.05, 0) is 26.0 Å². The van der Waals surface area contributed by atoms with Gasteiger partial charge in [0, 0.05) is 12.6 Å². The van der Waals surface area contributed by atoms with Gasteiger partial charge in [0.25, 0.3) is 15.9 Å². The highest BCUT2D eigenvalue weighted by atomic mass is 32.2. The fourth-order valence-electron chi connectivity index (χ4n) is 2.36. The van der Waals surface area contributed by atoms with E-state index in [4.69, 9.17) is 15.2 Å². The minimum atomic E-state index is -3.99. The van der Waals surface area contributed by atoms with E-state index in [0.717, 1.165) is 0 Å². The van der Waals surface area contributed by atoms with Gasteiger partial charge in [-0.3, -0.25) is 14.2 Å².